The van der Waals surface area contributed by atoms with Crippen LogP contribution in [-0.4, -0.2) is 69.3 Å². The first-order valence-corrected chi connectivity index (χ1v) is 9.00. The van der Waals surface area contributed by atoms with Crippen LogP contribution in [0.15, 0.2) is 24.5 Å². The quantitative estimate of drug-likeness (QED) is 0.533. The summed E-state index contributed by atoms with van der Waals surface area (Å²) < 4.78 is 7.52. The van der Waals surface area contributed by atoms with E-state index in [9.17, 15) is 5.11 Å². The van der Waals surface area contributed by atoms with Crippen LogP contribution >= 0.6 is 0 Å². The number of pyridine rings is 1. The summed E-state index contributed by atoms with van der Waals surface area (Å²) in [6.45, 7) is 7.02. The van der Waals surface area contributed by atoms with Crippen LogP contribution in [0.1, 0.15) is 19.5 Å². The number of aliphatic hydroxyl groups excluding tert-OH is 1. The first kappa shape index (κ1) is 18.3. The molecule has 1 fully saturated rings. The van der Waals surface area contributed by atoms with Crippen molar-refractivity contribution in [1.82, 2.24) is 19.4 Å². The van der Waals surface area contributed by atoms with E-state index in [1.165, 1.54) is 0 Å². The largest absolute Gasteiger partial charge is 0.394 e. The third kappa shape index (κ3) is 3.42. The fourth-order valence-corrected chi connectivity index (χ4v) is 3.23. The molecule has 1 atom stereocenters. The molecule has 26 heavy (non-hydrogen) atoms. The SMILES string of the molecule is CCNc1c(C(=N)N2CCOCC2CO)nc(-c2ccncc2)n1CC. The first-order valence-electron chi connectivity index (χ1n) is 9.00. The fourth-order valence-electron chi connectivity index (χ4n) is 3.23. The van der Waals surface area contributed by atoms with Crippen molar-refractivity contribution >= 4 is 11.7 Å². The van der Waals surface area contributed by atoms with Gasteiger partial charge in [0.2, 0.25) is 0 Å². The molecule has 8 nitrogen and oxygen atoms in total. The second-order valence-corrected chi connectivity index (χ2v) is 6.10. The lowest BCUT2D eigenvalue weighted by Gasteiger charge is -2.35. The van der Waals surface area contributed by atoms with E-state index in [1.807, 2.05) is 24.0 Å². The van der Waals surface area contributed by atoms with Crippen LogP contribution in [0.25, 0.3) is 11.4 Å². The molecule has 3 rings (SSSR count). The molecule has 2 aromatic rings. The molecule has 1 aliphatic rings. The van der Waals surface area contributed by atoms with Crippen molar-refractivity contribution < 1.29 is 9.84 Å². The summed E-state index contributed by atoms with van der Waals surface area (Å²) in [6, 6.07) is 3.62. The molecular formula is C18H26N6O2. The number of morpholine rings is 1. The maximum absolute atomic E-state index is 9.65. The lowest BCUT2D eigenvalue weighted by atomic mass is 10.2. The third-order valence-corrected chi connectivity index (χ3v) is 4.52. The topological polar surface area (TPSA) is 99.3 Å². The molecule has 140 valence electrons. The minimum atomic E-state index is -0.220. The number of hydrogen-bond acceptors (Lipinski definition) is 6. The van der Waals surface area contributed by atoms with Crippen LogP contribution in [0.4, 0.5) is 5.82 Å². The minimum absolute atomic E-state index is 0.0510. The molecular weight excluding hydrogens is 332 g/mol. The molecule has 2 aromatic heterocycles. The Hall–Kier alpha value is -2.45. The molecule has 1 saturated heterocycles. The highest BCUT2D eigenvalue weighted by Gasteiger charge is 2.29. The third-order valence-electron chi connectivity index (χ3n) is 4.52. The van der Waals surface area contributed by atoms with Crippen LogP contribution in [0.3, 0.4) is 0 Å². The lowest BCUT2D eigenvalue weighted by molar-refractivity contribution is 0.00464. The van der Waals surface area contributed by atoms with Crippen molar-refractivity contribution in [2.75, 3.05) is 38.2 Å². The van der Waals surface area contributed by atoms with Gasteiger partial charge in [0.05, 0.1) is 25.9 Å². The zero-order valence-corrected chi connectivity index (χ0v) is 15.3. The van der Waals surface area contributed by atoms with Gasteiger partial charge in [-0.05, 0) is 26.0 Å². The van der Waals surface area contributed by atoms with E-state index < -0.39 is 0 Å². The van der Waals surface area contributed by atoms with Crippen LogP contribution in [0, 0.1) is 5.41 Å². The van der Waals surface area contributed by atoms with Crippen molar-refractivity contribution in [3.8, 4) is 11.4 Å². The summed E-state index contributed by atoms with van der Waals surface area (Å²) in [6.07, 6.45) is 3.48. The number of amidine groups is 1. The number of imidazole rings is 1. The molecule has 1 unspecified atom stereocenters. The molecule has 0 saturated carbocycles. The van der Waals surface area contributed by atoms with E-state index in [4.69, 9.17) is 15.1 Å². The van der Waals surface area contributed by atoms with E-state index in [0.717, 1.165) is 30.3 Å². The Morgan fingerprint density at radius 1 is 1.38 bits per heavy atom. The highest BCUT2D eigenvalue weighted by atomic mass is 16.5. The number of rotatable bonds is 6. The van der Waals surface area contributed by atoms with Crippen LogP contribution in [-0.2, 0) is 11.3 Å². The Bertz CT molecular complexity index is 746. The summed E-state index contributed by atoms with van der Waals surface area (Å²) in [5.41, 5.74) is 1.56. The van der Waals surface area contributed by atoms with E-state index in [2.05, 4.69) is 21.8 Å². The standard InChI is InChI=1S/C18H26N6O2/c1-3-21-18-15(16(19)24-9-10-26-12-14(24)11-25)22-17(23(18)4-2)13-5-7-20-8-6-13/h5-8,14,19,21,25H,3-4,9-12H2,1-2H3. The fraction of sp³-hybridized carbons (Fsp3) is 0.500. The first-order chi connectivity index (χ1) is 12.7. The number of hydrogen-bond donors (Lipinski definition) is 3. The zero-order valence-electron chi connectivity index (χ0n) is 15.3. The number of nitrogens with zero attached hydrogens (tertiary/aromatic N) is 4. The average molecular weight is 358 g/mol. The second kappa shape index (κ2) is 8.29. The van der Waals surface area contributed by atoms with Gasteiger partial charge in [-0.2, -0.15) is 0 Å². The van der Waals surface area contributed by atoms with Gasteiger partial charge in [0.25, 0.3) is 0 Å². The second-order valence-electron chi connectivity index (χ2n) is 6.10. The molecule has 0 radical (unpaired) electrons. The summed E-state index contributed by atoms with van der Waals surface area (Å²) in [5, 5.41) is 21.8. The molecule has 0 bridgehead atoms. The summed E-state index contributed by atoms with van der Waals surface area (Å²) in [7, 11) is 0. The smallest absolute Gasteiger partial charge is 0.151 e. The molecule has 8 heteroatoms. The van der Waals surface area contributed by atoms with Crippen LogP contribution in [0.5, 0.6) is 0 Å². The molecule has 3 N–H and O–H groups in total. The van der Waals surface area contributed by atoms with Crippen LogP contribution < -0.4 is 5.32 Å². The Labute approximate surface area is 153 Å². The molecule has 0 amide bonds. The van der Waals surface area contributed by atoms with E-state index in [0.29, 0.717) is 31.3 Å². The predicted octanol–water partition coefficient (Wildman–Crippen LogP) is 1.42. The van der Waals surface area contributed by atoms with Gasteiger partial charge in [0.15, 0.2) is 5.84 Å². The van der Waals surface area contributed by atoms with E-state index in [-0.39, 0.29) is 12.6 Å². The number of nitrogens with one attached hydrogen (secondary N) is 2. The highest BCUT2D eigenvalue weighted by molar-refractivity contribution is 6.00. The zero-order chi connectivity index (χ0) is 18.5. The number of aliphatic hydroxyl groups is 1. The van der Waals surface area contributed by atoms with Crippen molar-refractivity contribution in [3.63, 3.8) is 0 Å². The number of aromatic nitrogens is 3. The Balaban J connectivity index is 2.05. The van der Waals surface area contributed by atoms with Crippen LogP contribution in [0.2, 0.25) is 0 Å². The average Bonchev–Trinajstić information content (AvgIpc) is 3.06. The van der Waals surface area contributed by atoms with Gasteiger partial charge in [-0.3, -0.25) is 10.4 Å². The van der Waals surface area contributed by atoms with Gasteiger partial charge in [0, 0.05) is 37.6 Å². The van der Waals surface area contributed by atoms with Crippen molar-refractivity contribution in [1.29, 1.82) is 5.41 Å². The maximum atomic E-state index is 9.65. The van der Waals surface area contributed by atoms with E-state index in [1.54, 1.807) is 12.4 Å². The Kier molecular flexibility index (Phi) is 5.85. The maximum Gasteiger partial charge on any atom is 0.151 e. The van der Waals surface area contributed by atoms with Crippen molar-refractivity contribution in [3.05, 3.63) is 30.2 Å². The number of anilines is 1. The molecule has 3 heterocycles. The molecule has 0 spiro atoms. The minimum Gasteiger partial charge on any atom is -0.394 e. The van der Waals surface area contributed by atoms with Gasteiger partial charge in [-0.1, -0.05) is 0 Å². The summed E-state index contributed by atoms with van der Waals surface area (Å²) in [4.78, 5) is 10.8. The van der Waals surface area contributed by atoms with Crippen molar-refractivity contribution in [2.45, 2.75) is 26.4 Å². The van der Waals surface area contributed by atoms with Gasteiger partial charge < -0.3 is 24.6 Å². The molecule has 0 aromatic carbocycles. The Morgan fingerprint density at radius 2 is 2.15 bits per heavy atom. The van der Waals surface area contributed by atoms with Gasteiger partial charge in [0.1, 0.15) is 17.3 Å². The summed E-state index contributed by atoms with van der Waals surface area (Å²) >= 11 is 0. The van der Waals surface area contributed by atoms with Gasteiger partial charge in [-0.25, -0.2) is 4.98 Å². The predicted molar refractivity (Wildman–Crippen MR) is 101 cm³/mol. The van der Waals surface area contributed by atoms with E-state index >= 15 is 0 Å². The Morgan fingerprint density at radius 3 is 2.81 bits per heavy atom. The molecule has 0 aliphatic carbocycles. The van der Waals surface area contributed by atoms with Gasteiger partial charge >= 0.3 is 0 Å². The van der Waals surface area contributed by atoms with Crippen molar-refractivity contribution in [2.24, 2.45) is 0 Å². The summed E-state index contributed by atoms with van der Waals surface area (Å²) in [5.74, 6) is 1.94. The lowest BCUT2D eigenvalue weighted by Crippen LogP contribution is -2.50. The monoisotopic (exact) mass is 358 g/mol. The normalized spacial score (nSPS) is 17.3. The molecule has 1 aliphatic heterocycles. The highest BCUT2D eigenvalue weighted by Crippen LogP contribution is 2.27. The number of ether oxygens (including phenoxy) is 1. The van der Waals surface area contributed by atoms with Gasteiger partial charge in [-0.15, -0.1) is 0 Å².